The van der Waals surface area contributed by atoms with E-state index in [0.717, 1.165) is 22.2 Å². The molecule has 0 bridgehead atoms. The first kappa shape index (κ1) is 18.7. The number of amides is 1. The summed E-state index contributed by atoms with van der Waals surface area (Å²) in [6, 6.07) is 14.8. The van der Waals surface area contributed by atoms with Crippen LogP contribution < -0.4 is 5.32 Å². The minimum atomic E-state index is -0.635. The molecule has 0 aliphatic rings. The second-order valence-electron chi connectivity index (χ2n) is 5.24. The Morgan fingerprint density at radius 2 is 2.07 bits per heavy atom. The van der Waals surface area contributed by atoms with Crippen LogP contribution in [0.4, 0.5) is 0 Å². The Balaban J connectivity index is 1.59. The fraction of sp³-hybridized carbons (Fsp3) is 0.111. The second-order valence-corrected chi connectivity index (χ2v) is 7.12. The Labute approximate surface area is 163 Å². The molecule has 1 aromatic carbocycles. The third kappa shape index (κ3) is 4.97. The predicted molar refractivity (Wildman–Crippen MR) is 102 cm³/mol. The van der Waals surface area contributed by atoms with Crippen molar-refractivity contribution in [2.75, 3.05) is 5.75 Å². The van der Waals surface area contributed by atoms with Crippen molar-refractivity contribution >= 4 is 29.0 Å². The number of nitrogens with one attached hydrogen (secondary N) is 1. The lowest BCUT2D eigenvalue weighted by atomic mass is 10.2. The molecule has 136 valence electrons. The summed E-state index contributed by atoms with van der Waals surface area (Å²) >= 11 is 2.52. The van der Waals surface area contributed by atoms with Crippen LogP contribution in [0.25, 0.3) is 10.8 Å². The zero-order valence-electron chi connectivity index (χ0n) is 14.0. The molecule has 3 aromatic rings. The van der Waals surface area contributed by atoms with E-state index in [1.165, 1.54) is 11.3 Å². The van der Waals surface area contributed by atoms with E-state index in [4.69, 9.17) is 4.42 Å². The fourth-order valence-corrected chi connectivity index (χ4v) is 3.37. The molecule has 27 heavy (non-hydrogen) atoms. The summed E-state index contributed by atoms with van der Waals surface area (Å²) < 4.78 is 5.49. The number of carbonyl (C=O) groups excluding carboxylic acids is 1. The fourth-order valence-electron chi connectivity index (χ4n) is 2.08. The van der Waals surface area contributed by atoms with Gasteiger partial charge in [0, 0.05) is 6.54 Å². The first-order chi connectivity index (χ1) is 13.2. The van der Waals surface area contributed by atoms with Gasteiger partial charge >= 0.3 is 0 Å². The molecule has 1 amide bonds. The van der Waals surface area contributed by atoms with Crippen molar-refractivity contribution in [1.82, 2.24) is 15.5 Å². The van der Waals surface area contributed by atoms with Gasteiger partial charge in [0.1, 0.15) is 11.8 Å². The van der Waals surface area contributed by atoms with Gasteiger partial charge in [-0.15, -0.1) is 21.5 Å². The zero-order valence-corrected chi connectivity index (χ0v) is 15.6. The number of hydrogen-bond acceptors (Lipinski definition) is 8. The van der Waals surface area contributed by atoms with Gasteiger partial charge in [-0.05, 0) is 17.0 Å². The SMILES string of the molecule is N#CC(C(=O)NCc1ccccc1)=C(O)CSc1nnc(-c2cccs2)o1. The first-order valence-corrected chi connectivity index (χ1v) is 9.68. The minimum Gasteiger partial charge on any atom is -0.510 e. The van der Waals surface area contributed by atoms with Crippen LogP contribution in [0.1, 0.15) is 5.56 Å². The highest BCUT2D eigenvalue weighted by atomic mass is 32.2. The number of aliphatic hydroxyl groups excluding tert-OH is 1. The normalized spacial score (nSPS) is 11.5. The Morgan fingerprint density at radius 3 is 2.78 bits per heavy atom. The van der Waals surface area contributed by atoms with Crippen LogP contribution in [0.3, 0.4) is 0 Å². The van der Waals surface area contributed by atoms with Gasteiger partial charge in [-0.1, -0.05) is 48.2 Å². The van der Waals surface area contributed by atoms with Crippen molar-refractivity contribution in [3.8, 4) is 16.8 Å². The van der Waals surface area contributed by atoms with Gasteiger partial charge < -0.3 is 14.8 Å². The number of nitrogens with zero attached hydrogens (tertiary/aromatic N) is 3. The van der Waals surface area contributed by atoms with Crippen molar-refractivity contribution in [1.29, 1.82) is 5.26 Å². The summed E-state index contributed by atoms with van der Waals surface area (Å²) in [7, 11) is 0. The summed E-state index contributed by atoms with van der Waals surface area (Å²) in [5.41, 5.74) is 0.556. The van der Waals surface area contributed by atoms with Gasteiger partial charge in [0.2, 0.25) is 0 Å². The van der Waals surface area contributed by atoms with Crippen LogP contribution in [-0.2, 0) is 11.3 Å². The Hall–Kier alpha value is -3.09. The lowest BCUT2D eigenvalue weighted by Gasteiger charge is -2.06. The summed E-state index contributed by atoms with van der Waals surface area (Å²) in [5, 5.41) is 31.9. The number of aliphatic hydroxyl groups is 1. The molecule has 0 saturated carbocycles. The lowest BCUT2D eigenvalue weighted by molar-refractivity contribution is -0.117. The molecule has 0 spiro atoms. The van der Waals surface area contributed by atoms with Crippen LogP contribution in [0, 0.1) is 11.3 Å². The number of hydrogen-bond donors (Lipinski definition) is 2. The average Bonchev–Trinajstić information content (AvgIpc) is 3.37. The van der Waals surface area contributed by atoms with E-state index in [0.29, 0.717) is 5.89 Å². The number of thioether (sulfide) groups is 1. The van der Waals surface area contributed by atoms with E-state index in [1.54, 1.807) is 6.07 Å². The molecule has 0 fully saturated rings. The van der Waals surface area contributed by atoms with Crippen LogP contribution in [0.15, 0.2) is 68.8 Å². The van der Waals surface area contributed by atoms with Gasteiger partial charge in [0.25, 0.3) is 17.0 Å². The molecule has 9 heteroatoms. The number of aromatic nitrogens is 2. The minimum absolute atomic E-state index is 0.0340. The maximum absolute atomic E-state index is 12.1. The van der Waals surface area contributed by atoms with Crippen molar-refractivity contribution in [2.24, 2.45) is 0 Å². The van der Waals surface area contributed by atoms with E-state index in [2.05, 4.69) is 15.5 Å². The van der Waals surface area contributed by atoms with Crippen LogP contribution in [-0.4, -0.2) is 27.0 Å². The zero-order chi connectivity index (χ0) is 19.1. The topological polar surface area (TPSA) is 112 Å². The predicted octanol–water partition coefficient (Wildman–Crippen LogP) is 3.54. The molecule has 0 radical (unpaired) electrons. The number of nitriles is 1. The van der Waals surface area contributed by atoms with E-state index in [9.17, 15) is 15.2 Å². The highest BCUT2D eigenvalue weighted by Crippen LogP contribution is 2.27. The molecule has 0 aliphatic carbocycles. The van der Waals surface area contributed by atoms with Crippen molar-refractivity contribution < 1.29 is 14.3 Å². The first-order valence-electron chi connectivity index (χ1n) is 7.82. The molecule has 0 aliphatic heterocycles. The molecule has 2 N–H and O–H groups in total. The monoisotopic (exact) mass is 398 g/mol. The Bertz CT molecular complexity index is 976. The van der Waals surface area contributed by atoms with Gasteiger partial charge in [-0.3, -0.25) is 4.79 Å². The van der Waals surface area contributed by atoms with E-state index < -0.39 is 5.91 Å². The second kappa shape index (κ2) is 9.02. The maximum atomic E-state index is 12.1. The highest BCUT2D eigenvalue weighted by Gasteiger charge is 2.17. The number of rotatable bonds is 7. The summed E-state index contributed by atoms with van der Waals surface area (Å²) in [4.78, 5) is 13.0. The third-order valence-corrected chi connectivity index (χ3v) is 5.08. The number of carbonyl (C=O) groups is 1. The average molecular weight is 398 g/mol. The largest absolute Gasteiger partial charge is 0.510 e. The van der Waals surface area contributed by atoms with Gasteiger partial charge in [-0.25, -0.2) is 0 Å². The van der Waals surface area contributed by atoms with Crippen molar-refractivity contribution in [3.63, 3.8) is 0 Å². The van der Waals surface area contributed by atoms with Gasteiger partial charge in [0.05, 0.1) is 10.6 Å². The van der Waals surface area contributed by atoms with Crippen molar-refractivity contribution in [3.05, 3.63) is 64.7 Å². The standard InChI is InChI=1S/C18H14N4O3S2/c19-9-13(16(24)20-10-12-5-2-1-3-6-12)14(23)11-27-18-22-21-17(25-18)15-7-4-8-26-15/h1-8,23H,10-11H2,(H,20,24). The summed E-state index contributed by atoms with van der Waals surface area (Å²) in [5.74, 6) is -0.626. The molecule has 0 saturated heterocycles. The van der Waals surface area contributed by atoms with Gasteiger partial charge in [0.15, 0.2) is 5.57 Å². The molecule has 3 rings (SSSR count). The smallest absolute Gasteiger partial charge is 0.277 e. The number of thiophene rings is 1. The van der Waals surface area contributed by atoms with E-state index >= 15 is 0 Å². The molecule has 2 heterocycles. The van der Waals surface area contributed by atoms with Gasteiger partial charge in [-0.2, -0.15) is 5.26 Å². The highest BCUT2D eigenvalue weighted by molar-refractivity contribution is 7.99. The Kier molecular flexibility index (Phi) is 6.25. The molecule has 0 atom stereocenters. The molecule has 7 nitrogen and oxygen atoms in total. The molecule has 0 unspecified atom stereocenters. The summed E-state index contributed by atoms with van der Waals surface area (Å²) in [6.45, 7) is 0.263. The van der Waals surface area contributed by atoms with Crippen LogP contribution in [0.2, 0.25) is 0 Å². The maximum Gasteiger partial charge on any atom is 0.277 e. The quantitative estimate of drug-likeness (QED) is 0.271. The summed E-state index contributed by atoms with van der Waals surface area (Å²) in [6.07, 6.45) is 0. The lowest BCUT2D eigenvalue weighted by Crippen LogP contribution is -2.25. The van der Waals surface area contributed by atoms with Crippen LogP contribution >= 0.6 is 23.1 Å². The molecule has 2 aromatic heterocycles. The van der Waals surface area contributed by atoms with Crippen LogP contribution in [0.5, 0.6) is 0 Å². The van der Waals surface area contributed by atoms with E-state index in [1.807, 2.05) is 47.8 Å². The Morgan fingerprint density at radius 1 is 1.26 bits per heavy atom. The molecular weight excluding hydrogens is 384 g/mol. The third-order valence-electron chi connectivity index (χ3n) is 3.39. The molecular formula is C18H14N4O3S2. The van der Waals surface area contributed by atoms with E-state index in [-0.39, 0.29) is 28.9 Å². The number of benzene rings is 1. The van der Waals surface area contributed by atoms with Crippen molar-refractivity contribution in [2.45, 2.75) is 11.8 Å².